The quantitative estimate of drug-likeness (QED) is 0.660. The van der Waals surface area contributed by atoms with Crippen molar-refractivity contribution in [1.29, 1.82) is 0 Å². The van der Waals surface area contributed by atoms with Crippen LogP contribution in [0.15, 0.2) is 72.9 Å². The van der Waals surface area contributed by atoms with E-state index in [0.717, 1.165) is 38.3 Å². The van der Waals surface area contributed by atoms with Gasteiger partial charge in [0.05, 0.1) is 0 Å². The van der Waals surface area contributed by atoms with Gasteiger partial charge in [-0.2, -0.15) is 0 Å². The second kappa shape index (κ2) is 9.74. The zero-order chi connectivity index (χ0) is 20.8. The molecule has 0 unspecified atom stereocenters. The maximum atomic E-state index is 12.8. The molecule has 0 aliphatic carbocycles. The average Bonchev–Trinajstić information content (AvgIpc) is 3.23. The van der Waals surface area contributed by atoms with Crippen LogP contribution in [0.5, 0.6) is 0 Å². The second-order valence-electron chi connectivity index (χ2n) is 8.09. The summed E-state index contributed by atoms with van der Waals surface area (Å²) in [5.41, 5.74) is 4.31. The molecule has 2 heterocycles. The number of amides is 1. The van der Waals surface area contributed by atoms with Gasteiger partial charge in [-0.05, 0) is 35.9 Å². The maximum Gasteiger partial charge on any atom is 0.268 e. The molecule has 1 N–H and O–H groups in total. The lowest BCUT2D eigenvalue weighted by molar-refractivity contribution is 0.0942. The van der Waals surface area contributed by atoms with Crippen LogP contribution >= 0.6 is 0 Å². The Labute approximate surface area is 178 Å². The number of likely N-dealkylation sites (N-methyl/N-ethyl adjacent to an activating group) is 1. The summed E-state index contributed by atoms with van der Waals surface area (Å²) in [5, 5.41) is 3.08. The van der Waals surface area contributed by atoms with Crippen LogP contribution in [0.3, 0.4) is 0 Å². The summed E-state index contributed by atoms with van der Waals surface area (Å²) in [7, 11) is 2.18. The van der Waals surface area contributed by atoms with Gasteiger partial charge in [0, 0.05) is 52.0 Å². The number of rotatable bonds is 7. The lowest BCUT2D eigenvalue weighted by Gasteiger charge is -2.32. The Hall–Kier alpha value is -2.89. The van der Waals surface area contributed by atoms with Gasteiger partial charge in [0.25, 0.3) is 5.91 Å². The molecule has 1 amide bonds. The van der Waals surface area contributed by atoms with Gasteiger partial charge in [-0.3, -0.25) is 9.69 Å². The molecule has 0 saturated carbocycles. The third-order valence-electron chi connectivity index (χ3n) is 5.70. The highest BCUT2D eigenvalue weighted by Gasteiger charge is 2.14. The van der Waals surface area contributed by atoms with Crippen molar-refractivity contribution in [1.82, 2.24) is 19.7 Å². The maximum absolute atomic E-state index is 12.8. The predicted octanol–water partition coefficient (Wildman–Crippen LogP) is 3.21. The highest BCUT2D eigenvalue weighted by molar-refractivity contribution is 5.92. The van der Waals surface area contributed by atoms with Gasteiger partial charge in [-0.1, -0.05) is 54.6 Å². The molecule has 3 aromatic rings. The Morgan fingerprint density at radius 2 is 1.57 bits per heavy atom. The number of piperazine rings is 1. The predicted molar refractivity (Wildman–Crippen MR) is 120 cm³/mol. The summed E-state index contributed by atoms with van der Waals surface area (Å²) in [5.74, 6) is -0.0413. The molecule has 5 heteroatoms. The molecule has 30 heavy (non-hydrogen) atoms. The van der Waals surface area contributed by atoms with E-state index in [-0.39, 0.29) is 5.91 Å². The highest BCUT2D eigenvalue weighted by atomic mass is 16.1. The summed E-state index contributed by atoms with van der Waals surface area (Å²) < 4.78 is 1.99. The van der Waals surface area contributed by atoms with Crippen LogP contribution in [0.25, 0.3) is 0 Å². The Morgan fingerprint density at radius 1 is 0.833 bits per heavy atom. The van der Waals surface area contributed by atoms with Crippen molar-refractivity contribution in [2.45, 2.75) is 19.6 Å². The first-order valence-corrected chi connectivity index (χ1v) is 10.6. The molecule has 4 rings (SSSR count). The van der Waals surface area contributed by atoms with Crippen LogP contribution < -0.4 is 5.32 Å². The van der Waals surface area contributed by atoms with Crippen LogP contribution in [-0.4, -0.2) is 53.5 Å². The van der Waals surface area contributed by atoms with Crippen LogP contribution in [0.2, 0.25) is 0 Å². The minimum atomic E-state index is -0.0413. The first kappa shape index (κ1) is 20.4. The van der Waals surface area contributed by atoms with Gasteiger partial charge in [-0.25, -0.2) is 0 Å². The molecule has 5 nitrogen and oxygen atoms in total. The van der Waals surface area contributed by atoms with E-state index in [2.05, 4.69) is 58.6 Å². The van der Waals surface area contributed by atoms with E-state index in [1.807, 2.05) is 41.1 Å². The molecule has 1 fully saturated rings. The van der Waals surface area contributed by atoms with E-state index in [4.69, 9.17) is 0 Å². The van der Waals surface area contributed by atoms with E-state index in [0.29, 0.717) is 18.8 Å². The molecule has 156 valence electrons. The van der Waals surface area contributed by atoms with Gasteiger partial charge >= 0.3 is 0 Å². The number of carbonyl (C=O) groups excluding carboxylic acids is 1. The first-order valence-electron chi connectivity index (χ1n) is 10.6. The van der Waals surface area contributed by atoms with Crippen LogP contribution in [0.4, 0.5) is 0 Å². The Kier molecular flexibility index (Phi) is 6.62. The minimum Gasteiger partial charge on any atom is -0.347 e. The fourth-order valence-electron chi connectivity index (χ4n) is 3.91. The van der Waals surface area contributed by atoms with Crippen LogP contribution in [0.1, 0.15) is 27.2 Å². The molecule has 0 atom stereocenters. The van der Waals surface area contributed by atoms with Crippen molar-refractivity contribution in [2.75, 3.05) is 33.2 Å². The third kappa shape index (κ3) is 5.38. The average molecular weight is 403 g/mol. The van der Waals surface area contributed by atoms with Crippen molar-refractivity contribution < 1.29 is 4.79 Å². The molecular formula is C25H30N4O. The molecule has 2 aromatic carbocycles. The lowest BCUT2D eigenvalue weighted by Crippen LogP contribution is -2.43. The number of nitrogens with zero attached hydrogens (tertiary/aromatic N) is 3. The fraction of sp³-hybridized carbons (Fsp3) is 0.320. The topological polar surface area (TPSA) is 40.5 Å². The lowest BCUT2D eigenvalue weighted by atomic mass is 10.1. The van der Waals surface area contributed by atoms with Crippen molar-refractivity contribution in [3.8, 4) is 0 Å². The molecular weight excluding hydrogens is 372 g/mol. The SMILES string of the molecule is CN1CCN(Cc2cccc(CNC(=O)c3cccn3Cc3ccccc3)c2)CC1. The largest absolute Gasteiger partial charge is 0.347 e. The number of hydrogen-bond donors (Lipinski definition) is 1. The van der Waals surface area contributed by atoms with Gasteiger partial charge < -0.3 is 14.8 Å². The zero-order valence-corrected chi connectivity index (χ0v) is 17.6. The fourth-order valence-corrected chi connectivity index (χ4v) is 3.91. The third-order valence-corrected chi connectivity index (χ3v) is 5.70. The number of benzene rings is 2. The summed E-state index contributed by atoms with van der Waals surface area (Å²) in [6.07, 6.45) is 1.96. The molecule has 1 aliphatic rings. The minimum absolute atomic E-state index is 0.0413. The van der Waals surface area contributed by atoms with Gasteiger partial charge in [-0.15, -0.1) is 0 Å². The van der Waals surface area contributed by atoms with Crippen LogP contribution in [-0.2, 0) is 19.6 Å². The Balaban J connectivity index is 1.34. The van der Waals surface area contributed by atoms with Crippen LogP contribution in [0, 0.1) is 0 Å². The zero-order valence-electron chi connectivity index (χ0n) is 17.6. The van der Waals surface area contributed by atoms with E-state index in [1.165, 1.54) is 11.1 Å². The number of hydrogen-bond acceptors (Lipinski definition) is 3. The molecule has 0 bridgehead atoms. The Bertz CT molecular complexity index is 958. The molecule has 1 saturated heterocycles. The van der Waals surface area contributed by atoms with Gasteiger partial charge in [0.15, 0.2) is 0 Å². The van der Waals surface area contributed by atoms with Crippen molar-refractivity contribution in [2.24, 2.45) is 0 Å². The second-order valence-corrected chi connectivity index (χ2v) is 8.09. The van der Waals surface area contributed by atoms with Crippen molar-refractivity contribution >= 4 is 5.91 Å². The van der Waals surface area contributed by atoms with Crippen molar-refractivity contribution in [3.63, 3.8) is 0 Å². The number of nitrogens with one attached hydrogen (secondary N) is 1. The monoisotopic (exact) mass is 402 g/mol. The van der Waals surface area contributed by atoms with E-state index >= 15 is 0 Å². The molecule has 0 radical (unpaired) electrons. The van der Waals surface area contributed by atoms with E-state index in [9.17, 15) is 4.79 Å². The summed E-state index contributed by atoms with van der Waals surface area (Å²) in [6, 6.07) is 22.6. The van der Waals surface area contributed by atoms with Gasteiger partial charge in [0.2, 0.25) is 0 Å². The first-order chi connectivity index (χ1) is 14.7. The van der Waals surface area contributed by atoms with Gasteiger partial charge in [0.1, 0.15) is 5.69 Å². The Morgan fingerprint density at radius 3 is 2.37 bits per heavy atom. The number of carbonyl (C=O) groups is 1. The molecule has 0 spiro atoms. The molecule has 1 aliphatic heterocycles. The number of aromatic nitrogens is 1. The standard InChI is InChI=1S/C25H30N4O/c1-27-13-15-28(16-14-27)19-23-10-5-9-22(17-23)18-26-25(30)24-11-6-12-29(24)20-21-7-3-2-4-8-21/h2-12,17H,13-16,18-20H2,1H3,(H,26,30). The van der Waals surface area contributed by atoms with E-state index < -0.39 is 0 Å². The summed E-state index contributed by atoms with van der Waals surface area (Å²) in [6.45, 7) is 6.65. The van der Waals surface area contributed by atoms with E-state index in [1.54, 1.807) is 0 Å². The molecule has 1 aromatic heterocycles. The summed E-state index contributed by atoms with van der Waals surface area (Å²) >= 11 is 0. The highest BCUT2D eigenvalue weighted by Crippen LogP contribution is 2.12. The van der Waals surface area contributed by atoms with Crippen molar-refractivity contribution in [3.05, 3.63) is 95.3 Å². The normalized spacial score (nSPS) is 15.2. The summed E-state index contributed by atoms with van der Waals surface area (Å²) in [4.78, 5) is 17.6. The smallest absolute Gasteiger partial charge is 0.268 e.